The highest BCUT2D eigenvalue weighted by atomic mass is 16.5. The Hall–Kier alpha value is -1.53. The Morgan fingerprint density at radius 3 is 2.89 bits per heavy atom. The van der Waals surface area contributed by atoms with Gasteiger partial charge in [0, 0.05) is 6.54 Å². The number of benzene rings is 1. The Bertz CT molecular complexity index is 405. The molecule has 1 saturated heterocycles. The van der Waals surface area contributed by atoms with Crippen molar-refractivity contribution >= 4 is 0 Å². The molecule has 0 aromatic heterocycles. The molecule has 1 aromatic carbocycles. The molecule has 0 radical (unpaired) electrons. The van der Waals surface area contributed by atoms with Gasteiger partial charge in [-0.15, -0.1) is 0 Å². The van der Waals surface area contributed by atoms with Crippen LogP contribution in [0.4, 0.5) is 0 Å². The molecule has 0 bridgehead atoms. The standard InChI is InChI=1S/C15H20N2O/c16-8-7-14-5-3-6-15(13-14)18-12-4-11-17-9-1-2-10-17/h3,5-6,13H,1-2,4,7,9-12H2. The minimum absolute atomic E-state index is 0.449. The number of rotatable bonds is 6. The van der Waals surface area contributed by atoms with Gasteiger partial charge in [0.1, 0.15) is 5.75 Å². The summed E-state index contributed by atoms with van der Waals surface area (Å²) >= 11 is 0. The molecule has 0 aliphatic carbocycles. The van der Waals surface area contributed by atoms with E-state index in [0.29, 0.717) is 6.42 Å². The van der Waals surface area contributed by atoms with Gasteiger partial charge in [-0.1, -0.05) is 12.1 Å². The van der Waals surface area contributed by atoms with E-state index in [4.69, 9.17) is 10.00 Å². The lowest BCUT2D eigenvalue weighted by Crippen LogP contribution is -2.21. The van der Waals surface area contributed by atoms with Gasteiger partial charge < -0.3 is 9.64 Å². The lowest BCUT2D eigenvalue weighted by Gasteiger charge is -2.14. The highest BCUT2D eigenvalue weighted by Crippen LogP contribution is 2.14. The molecule has 0 atom stereocenters. The summed E-state index contributed by atoms with van der Waals surface area (Å²) in [5.74, 6) is 0.879. The van der Waals surface area contributed by atoms with Crippen LogP contribution in [-0.2, 0) is 6.42 Å². The van der Waals surface area contributed by atoms with E-state index in [1.54, 1.807) is 0 Å². The summed E-state index contributed by atoms with van der Waals surface area (Å²) in [5, 5.41) is 8.65. The van der Waals surface area contributed by atoms with Gasteiger partial charge in [0.05, 0.1) is 19.1 Å². The van der Waals surface area contributed by atoms with E-state index in [1.807, 2.05) is 24.3 Å². The van der Waals surface area contributed by atoms with Crippen molar-refractivity contribution in [1.82, 2.24) is 4.90 Å². The normalized spacial score (nSPS) is 15.5. The number of nitrogens with zero attached hydrogens (tertiary/aromatic N) is 2. The van der Waals surface area contributed by atoms with Crippen LogP contribution in [0.15, 0.2) is 24.3 Å². The predicted molar refractivity (Wildman–Crippen MR) is 71.5 cm³/mol. The van der Waals surface area contributed by atoms with Crippen LogP contribution in [0.2, 0.25) is 0 Å². The van der Waals surface area contributed by atoms with Crippen LogP contribution in [0.3, 0.4) is 0 Å². The molecule has 1 heterocycles. The van der Waals surface area contributed by atoms with Crippen molar-refractivity contribution in [3.8, 4) is 11.8 Å². The molecule has 96 valence electrons. The smallest absolute Gasteiger partial charge is 0.119 e. The summed E-state index contributed by atoms with van der Waals surface area (Å²) in [6.07, 6.45) is 4.21. The van der Waals surface area contributed by atoms with Crippen molar-refractivity contribution < 1.29 is 4.74 Å². The SMILES string of the molecule is N#CCc1cccc(OCCCN2CCCC2)c1. The third-order valence-corrected chi connectivity index (χ3v) is 3.27. The zero-order valence-electron chi connectivity index (χ0n) is 10.8. The molecule has 1 fully saturated rings. The maximum absolute atomic E-state index is 8.65. The Balaban J connectivity index is 1.69. The molecule has 3 heteroatoms. The first-order valence-corrected chi connectivity index (χ1v) is 6.69. The highest BCUT2D eigenvalue weighted by molar-refractivity contribution is 5.29. The third kappa shape index (κ3) is 4.05. The molecule has 0 saturated carbocycles. The molecule has 1 aliphatic rings. The van der Waals surface area contributed by atoms with Crippen LogP contribution in [0.25, 0.3) is 0 Å². The second-order valence-electron chi connectivity index (χ2n) is 4.73. The predicted octanol–water partition coefficient (Wildman–Crippen LogP) is 2.62. The average Bonchev–Trinajstić information content (AvgIpc) is 2.89. The van der Waals surface area contributed by atoms with Crippen molar-refractivity contribution in [2.45, 2.75) is 25.7 Å². The first-order valence-electron chi connectivity index (χ1n) is 6.69. The quantitative estimate of drug-likeness (QED) is 0.722. The van der Waals surface area contributed by atoms with Gasteiger partial charge >= 0.3 is 0 Å². The van der Waals surface area contributed by atoms with Crippen LogP contribution in [0.1, 0.15) is 24.8 Å². The van der Waals surface area contributed by atoms with E-state index in [2.05, 4.69) is 11.0 Å². The lowest BCUT2D eigenvalue weighted by atomic mass is 10.1. The Kier molecular flexibility index (Phi) is 5.04. The van der Waals surface area contributed by atoms with Gasteiger partial charge in [0.25, 0.3) is 0 Å². The number of hydrogen-bond donors (Lipinski definition) is 0. The molecular formula is C15H20N2O. The molecule has 3 nitrogen and oxygen atoms in total. The Morgan fingerprint density at radius 2 is 2.11 bits per heavy atom. The van der Waals surface area contributed by atoms with Gasteiger partial charge in [-0.05, 0) is 50.0 Å². The fraction of sp³-hybridized carbons (Fsp3) is 0.533. The summed E-state index contributed by atoms with van der Waals surface area (Å²) in [4.78, 5) is 2.50. The minimum atomic E-state index is 0.449. The zero-order chi connectivity index (χ0) is 12.6. The van der Waals surface area contributed by atoms with Gasteiger partial charge in [0.15, 0.2) is 0 Å². The first kappa shape index (κ1) is 12.9. The van der Waals surface area contributed by atoms with Crippen molar-refractivity contribution in [2.75, 3.05) is 26.2 Å². The minimum Gasteiger partial charge on any atom is -0.494 e. The summed E-state index contributed by atoms with van der Waals surface area (Å²) < 4.78 is 5.72. The summed E-state index contributed by atoms with van der Waals surface area (Å²) in [6, 6.07) is 9.97. The molecule has 0 unspecified atom stereocenters. The summed E-state index contributed by atoms with van der Waals surface area (Å²) in [6.45, 7) is 4.39. The molecule has 1 aromatic rings. The van der Waals surface area contributed by atoms with Crippen molar-refractivity contribution in [1.29, 1.82) is 5.26 Å². The van der Waals surface area contributed by atoms with Crippen LogP contribution >= 0.6 is 0 Å². The largest absolute Gasteiger partial charge is 0.494 e. The second kappa shape index (κ2) is 7.03. The van der Waals surface area contributed by atoms with Crippen molar-refractivity contribution in [2.24, 2.45) is 0 Å². The van der Waals surface area contributed by atoms with Crippen molar-refractivity contribution in [3.05, 3.63) is 29.8 Å². The van der Waals surface area contributed by atoms with Gasteiger partial charge in [-0.25, -0.2) is 0 Å². The average molecular weight is 244 g/mol. The van der Waals surface area contributed by atoms with Crippen LogP contribution in [-0.4, -0.2) is 31.1 Å². The Labute approximate surface area is 109 Å². The highest BCUT2D eigenvalue weighted by Gasteiger charge is 2.10. The van der Waals surface area contributed by atoms with E-state index in [9.17, 15) is 0 Å². The summed E-state index contributed by atoms with van der Waals surface area (Å²) in [7, 11) is 0. The van der Waals surface area contributed by atoms with E-state index < -0.39 is 0 Å². The van der Waals surface area contributed by atoms with E-state index in [1.165, 1.54) is 25.9 Å². The van der Waals surface area contributed by atoms with Crippen LogP contribution in [0.5, 0.6) is 5.75 Å². The van der Waals surface area contributed by atoms with E-state index in [-0.39, 0.29) is 0 Å². The number of nitriles is 1. The van der Waals surface area contributed by atoms with Gasteiger partial charge in [-0.2, -0.15) is 5.26 Å². The Morgan fingerprint density at radius 1 is 1.28 bits per heavy atom. The first-order chi connectivity index (χ1) is 8.88. The number of ether oxygens (including phenoxy) is 1. The molecule has 18 heavy (non-hydrogen) atoms. The van der Waals surface area contributed by atoms with Crippen LogP contribution in [0, 0.1) is 11.3 Å². The second-order valence-corrected chi connectivity index (χ2v) is 4.73. The molecule has 0 N–H and O–H groups in total. The molecule has 0 spiro atoms. The zero-order valence-corrected chi connectivity index (χ0v) is 10.8. The molecular weight excluding hydrogens is 224 g/mol. The van der Waals surface area contributed by atoms with Crippen molar-refractivity contribution in [3.63, 3.8) is 0 Å². The lowest BCUT2D eigenvalue weighted by molar-refractivity contribution is 0.263. The molecule has 2 rings (SSSR count). The van der Waals surface area contributed by atoms with Gasteiger partial charge in [-0.3, -0.25) is 0 Å². The fourth-order valence-corrected chi connectivity index (χ4v) is 2.32. The third-order valence-electron chi connectivity index (χ3n) is 3.27. The van der Waals surface area contributed by atoms with Crippen LogP contribution < -0.4 is 4.74 Å². The molecule has 0 amide bonds. The van der Waals surface area contributed by atoms with E-state index >= 15 is 0 Å². The number of hydrogen-bond acceptors (Lipinski definition) is 3. The number of likely N-dealkylation sites (tertiary alicyclic amines) is 1. The van der Waals surface area contributed by atoms with E-state index in [0.717, 1.165) is 30.9 Å². The summed E-state index contributed by atoms with van der Waals surface area (Å²) in [5.41, 5.74) is 1.02. The monoisotopic (exact) mass is 244 g/mol. The maximum atomic E-state index is 8.65. The topological polar surface area (TPSA) is 36.3 Å². The maximum Gasteiger partial charge on any atom is 0.119 e. The fourth-order valence-electron chi connectivity index (χ4n) is 2.32. The molecule has 1 aliphatic heterocycles. The van der Waals surface area contributed by atoms with Gasteiger partial charge in [0.2, 0.25) is 0 Å².